The van der Waals surface area contributed by atoms with Gasteiger partial charge < -0.3 is 15.7 Å². The van der Waals surface area contributed by atoms with E-state index in [2.05, 4.69) is 15.5 Å². The number of carbonyl (C=O) groups excluding carboxylic acids is 1. The Morgan fingerprint density at radius 1 is 1.00 bits per heavy atom. The second-order valence-electron chi connectivity index (χ2n) is 6.52. The molecular formula is C16H31N3O2. The van der Waals surface area contributed by atoms with Crippen molar-refractivity contribution < 1.29 is 9.90 Å². The van der Waals surface area contributed by atoms with Gasteiger partial charge in [0.05, 0.1) is 0 Å². The number of piperidine rings is 1. The number of urea groups is 1. The smallest absolute Gasteiger partial charge is 0.314 e. The normalized spacial score (nSPS) is 22.7. The Morgan fingerprint density at radius 3 is 2.33 bits per heavy atom. The van der Waals surface area contributed by atoms with Crippen LogP contribution in [0.5, 0.6) is 0 Å². The summed E-state index contributed by atoms with van der Waals surface area (Å²) in [7, 11) is 0. The molecule has 2 amide bonds. The fourth-order valence-corrected chi connectivity index (χ4v) is 3.77. The van der Waals surface area contributed by atoms with Crippen LogP contribution in [0.25, 0.3) is 0 Å². The van der Waals surface area contributed by atoms with Gasteiger partial charge in [0, 0.05) is 25.2 Å². The number of rotatable bonds is 6. The van der Waals surface area contributed by atoms with Crippen molar-refractivity contribution >= 4 is 6.03 Å². The molecule has 3 N–H and O–H groups in total. The molecule has 1 saturated heterocycles. The molecule has 5 nitrogen and oxygen atoms in total. The SMILES string of the molecule is O=C(NCCCO)NCC1(N2CCCCC2)CCCCC1. The second-order valence-corrected chi connectivity index (χ2v) is 6.52. The molecule has 0 aromatic rings. The summed E-state index contributed by atoms with van der Waals surface area (Å²) in [6.07, 6.45) is 10.9. The topological polar surface area (TPSA) is 64.6 Å². The maximum atomic E-state index is 11.9. The first kappa shape index (κ1) is 16.6. The molecule has 0 atom stereocenters. The zero-order valence-electron chi connectivity index (χ0n) is 13.2. The number of likely N-dealkylation sites (tertiary alicyclic amines) is 1. The first-order valence-corrected chi connectivity index (χ1v) is 8.64. The van der Waals surface area contributed by atoms with Crippen LogP contribution in [0.3, 0.4) is 0 Å². The number of aliphatic hydroxyl groups is 1. The quantitative estimate of drug-likeness (QED) is 0.656. The summed E-state index contributed by atoms with van der Waals surface area (Å²) in [5.74, 6) is 0. The Morgan fingerprint density at radius 2 is 1.67 bits per heavy atom. The lowest BCUT2D eigenvalue weighted by Gasteiger charge is -2.48. The number of hydrogen-bond acceptors (Lipinski definition) is 3. The molecule has 0 aromatic heterocycles. The number of carbonyl (C=O) groups is 1. The molecule has 2 rings (SSSR count). The Hall–Kier alpha value is -0.810. The number of amides is 2. The average molecular weight is 297 g/mol. The Bertz CT molecular complexity index is 311. The molecule has 21 heavy (non-hydrogen) atoms. The van der Waals surface area contributed by atoms with E-state index in [0.717, 1.165) is 6.54 Å². The van der Waals surface area contributed by atoms with Crippen molar-refractivity contribution in [3.63, 3.8) is 0 Å². The summed E-state index contributed by atoms with van der Waals surface area (Å²) in [5.41, 5.74) is 0.187. The highest BCUT2D eigenvalue weighted by Crippen LogP contribution is 2.35. The molecule has 0 aromatic carbocycles. The monoisotopic (exact) mass is 297 g/mol. The number of nitrogens with one attached hydrogen (secondary N) is 2. The molecule has 1 aliphatic heterocycles. The highest BCUT2D eigenvalue weighted by Gasteiger charge is 2.38. The van der Waals surface area contributed by atoms with Crippen molar-refractivity contribution in [1.29, 1.82) is 0 Å². The third-order valence-electron chi connectivity index (χ3n) is 5.01. The van der Waals surface area contributed by atoms with Crippen molar-refractivity contribution in [3.8, 4) is 0 Å². The highest BCUT2D eigenvalue weighted by atomic mass is 16.3. The van der Waals surface area contributed by atoms with Gasteiger partial charge >= 0.3 is 6.03 Å². The number of aliphatic hydroxyl groups excluding tert-OH is 1. The third-order valence-corrected chi connectivity index (χ3v) is 5.01. The van der Waals surface area contributed by atoms with Gasteiger partial charge in [0.1, 0.15) is 0 Å². The summed E-state index contributed by atoms with van der Waals surface area (Å²) in [6.45, 7) is 3.80. The van der Waals surface area contributed by atoms with E-state index >= 15 is 0 Å². The molecule has 0 radical (unpaired) electrons. The lowest BCUT2D eigenvalue weighted by molar-refractivity contribution is 0.0354. The lowest BCUT2D eigenvalue weighted by atomic mass is 9.79. The van der Waals surface area contributed by atoms with Crippen LogP contribution in [0, 0.1) is 0 Å². The number of hydrogen-bond donors (Lipinski definition) is 3. The average Bonchev–Trinajstić information content (AvgIpc) is 2.55. The van der Waals surface area contributed by atoms with Gasteiger partial charge in [0.15, 0.2) is 0 Å². The van der Waals surface area contributed by atoms with E-state index in [1.165, 1.54) is 64.5 Å². The van der Waals surface area contributed by atoms with E-state index in [1.807, 2.05) is 0 Å². The van der Waals surface area contributed by atoms with E-state index in [-0.39, 0.29) is 18.2 Å². The van der Waals surface area contributed by atoms with Crippen LogP contribution in [-0.2, 0) is 0 Å². The number of nitrogens with zero attached hydrogens (tertiary/aromatic N) is 1. The first-order chi connectivity index (χ1) is 10.3. The van der Waals surface area contributed by atoms with Crippen LogP contribution < -0.4 is 10.6 Å². The Kier molecular flexibility index (Phi) is 6.77. The predicted molar refractivity (Wildman–Crippen MR) is 84.3 cm³/mol. The van der Waals surface area contributed by atoms with Crippen LogP contribution in [0.2, 0.25) is 0 Å². The molecule has 0 spiro atoms. The summed E-state index contributed by atoms with van der Waals surface area (Å²) in [5, 5.41) is 14.6. The molecule has 0 unspecified atom stereocenters. The zero-order valence-corrected chi connectivity index (χ0v) is 13.2. The van der Waals surface area contributed by atoms with E-state index < -0.39 is 0 Å². The van der Waals surface area contributed by atoms with Crippen molar-refractivity contribution in [2.24, 2.45) is 0 Å². The van der Waals surface area contributed by atoms with Crippen LogP contribution in [-0.4, -0.2) is 54.4 Å². The van der Waals surface area contributed by atoms with E-state index in [1.54, 1.807) is 0 Å². The first-order valence-electron chi connectivity index (χ1n) is 8.64. The maximum Gasteiger partial charge on any atom is 0.314 e. The van der Waals surface area contributed by atoms with E-state index in [9.17, 15) is 4.79 Å². The molecule has 122 valence electrons. The van der Waals surface area contributed by atoms with E-state index in [0.29, 0.717) is 13.0 Å². The van der Waals surface area contributed by atoms with Crippen LogP contribution in [0.1, 0.15) is 57.8 Å². The van der Waals surface area contributed by atoms with Crippen molar-refractivity contribution in [1.82, 2.24) is 15.5 Å². The lowest BCUT2D eigenvalue weighted by Crippen LogP contribution is -2.59. The molecule has 0 bridgehead atoms. The summed E-state index contributed by atoms with van der Waals surface area (Å²) < 4.78 is 0. The molecule has 1 heterocycles. The van der Waals surface area contributed by atoms with Crippen molar-refractivity contribution in [3.05, 3.63) is 0 Å². The van der Waals surface area contributed by atoms with Gasteiger partial charge in [-0.15, -0.1) is 0 Å². The summed E-state index contributed by atoms with van der Waals surface area (Å²) >= 11 is 0. The largest absolute Gasteiger partial charge is 0.396 e. The minimum atomic E-state index is -0.0922. The fourth-order valence-electron chi connectivity index (χ4n) is 3.77. The molecule has 1 aliphatic carbocycles. The van der Waals surface area contributed by atoms with Crippen molar-refractivity contribution in [2.45, 2.75) is 63.3 Å². The van der Waals surface area contributed by atoms with Gasteiger partial charge in [0.2, 0.25) is 0 Å². The molecular weight excluding hydrogens is 266 g/mol. The van der Waals surface area contributed by atoms with Gasteiger partial charge in [-0.05, 0) is 45.2 Å². The van der Waals surface area contributed by atoms with Crippen LogP contribution in [0.15, 0.2) is 0 Å². The standard InChI is InChI=1S/C16H31N3O2/c20-13-7-10-17-15(21)18-14-16(8-3-1-4-9-16)19-11-5-2-6-12-19/h20H,1-14H2,(H2,17,18,21). The van der Waals surface area contributed by atoms with Gasteiger partial charge in [-0.3, -0.25) is 4.90 Å². The molecule has 5 heteroatoms. The van der Waals surface area contributed by atoms with Crippen LogP contribution in [0.4, 0.5) is 4.79 Å². The second kappa shape index (κ2) is 8.59. The predicted octanol–water partition coefficient (Wildman–Crippen LogP) is 1.86. The van der Waals surface area contributed by atoms with Gasteiger partial charge in [-0.25, -0.2) is 4.79 Å². The zero-order chi connectivity index (χ0) is 15.0. The molecule has 2 fully saturated rings. The maximum absolute atomic E-state index is 11.9. The van der Waals surface area contributed by atoms with Gasteiger partial charge in [0.25, 0.3) is 0 Å². The van der Waals surface area contributed by atoms with Crippen molar-refractivity contribution in [2.75, 3.05) is 32.8 Å². The van der Waals surface area contributed by atoms with E-state index in [4.69, 9.17) is 5.11 Å². The van der Waals surface area contributed by atoms with Gasteiger partial charge in [-0.2, -0.15) is 0 Å². The Labute approximate surface area is 128 Å². The highest BCUT2D eigenvalue weighted by molar-refractivity contribution is 5.73. The molecule has 2 aliphatic rings. The summed E-state index contributed by atoms with van der Waals surface area (Å²) in [4.78, 5) is 14.5. The van der Waals surface area contributed by atoms with Gasteiger partial charge in [-0.1, -0.05) is 25.7 Å². The van der Waals surface area contributed by atoms with Crippen LogP contribution >= 0.6 is 0 Å². The minimum absolute atomic E-state index is 0.0922. The third kappa shape index (κ3) is 4.85. The summed E-state index contributed by atoms with van der Waals surface area (Å²) in [6, 6.07) is -0.0922. The fraction of sp³-hybridized carbons (Fsp3) is 0.938. The Balaban J connectivity index is 1.85. The molecule has 1 saturated carbocycles. The minimum Gasteiger partial charge on any atom is -0.396 e.